The first-order valence-corrected chi connectivity index (χ1v) is 10.9. The molecule has 0 aliphatic heterocycles. The van der Waals surface area contributed by atoms with E-state index < -0.39 is 17.3 Å². The Bertz CT molecular complexity index is 1070. The Balaban J connectivity index is 1.70. The van der Waals surface area contributed by atoms with Crippen LogP contribution in [0.3, 0.4) is 0 Å². The van der Waals surface area contributed by atoms with Gasteiger partial charge in [-0.05, 0) is 74.2 Å². The minimum absolute atomic E-state index is 0.00180. The van der Waals surface area contributed by atoms with Crippen molar-refractivity contribution >= 4 is 34.7 Å². The summed E-state index contributed by atoms with van der Waals surface area (Å²) in [5, 5.41) is 16.8. The summed E-state index contributed by atoms with van der Waals surface area (Å²) in [6.45, 7) is 0. The van der Waals surface area contributed by atoms with E-state index in [4.69, 9.17) is 23.1 Å². The fourth-order valence-electron chi connectivity index (χ4n) is 3.83. The number of carbonyl (C=O) groups is 1. The van der Waals surface area contributed by atoms with Crippen LogP contribution in [0.25, 0.3) is 0 Å². The molecule has 1 fully saturated rings. The monoisotopic (exact) mass is 468 g/mol. The summed E-state index contributed by atoms with van der Waals surface area (Å²) in [5.74, 6) is -1.25. The topological polar surface area (TPSA) is 129 Å². The van der Waals surface area contributed by atoms with Crippen molar-refractivity contribution in [1.82, 2.24) is 5.32 Å². The standard InChI is InChI=1S/C24H26ClFN6O/c25-16-1-5-18(6-2-16)31-20-9-11-24(12-10-20,13-14-27)30-15-21(23(29)33)22(28)32-19-7-3-17(26)4-8-19/h1-8,15,20,30-31H,9-13H2,(H2,28,32)(H2,29,33)/b21-15+. The highest BCUT2D eigenvalue weighted by molar-refractivity contribution is 6.30. The molecule has 0 aromatic heterocycles. The van der Waals surface area contributed by atoms with Crippen LogP contribution in [0.4, 0.5) is 15.8 Å². The number of benzene rings is 2. The Morgan fingerprint density at radius 2 is 1.82 bits per heavy atom. The van der Waals surface area contributed by atoms with Gasteiger partial charge in [-0.15, -0.1) is 0 Å². The maximum Gasteiger partial charge on any atom is 0.253 e. The third-order valence-corrected chi connectivity index (χ3v) is 5.97. The Kier molecular flexibility index (Phi) is 7.91. The lowest BCUT2D eigenvalue weighted by molar-refractivity contribution is -0.114. The van der Waals surface area contributed by atoms with Crippen LogP contribution in [0.1, 0.15) is 32.1 Å². The highest BCUT2D eigenvalue weighted by Gasteiger charge is 2.34. The molecule has 1 saturated carbocycles. The second kappa shape index (κ2) is 10.8. The molecule has 3 rings (SSSR count). The van der Waals surface area contributed by atoms with Gasteiger partial charge in [0.25, 0.3) is 5.91 Å². The molecule has 0 bridgehead atoms. The van der Waals surface area contributed by atoms with Crippen LogP contribution in [-0.4, -0.2) is 23.3 Å². The minimum Gasteiger partial charge on any atom is -0.384 e. The molecule has 1 aliphatic rings. The molecule has 6 N–H and O–H groups in total. The fraction of sp³-hybridized carbons (Fsp3) is 0.292. The Morgan fingerprint density at radius 3 is 2.39 bits per heavy atom. The summed E-state index contributed by atoms with van der Waals surface area (Å²) in [7, 11) is 0. The maximum atomic E-state index is 13.1. The molecular formula is C24H26ClFN6O. The second-order valence-corrected chi connectivity index (χ2v) is 8.52. The third-order valence-electron chi connectivity index (χ3n) is 5.72. The van der Waals surface area contributed by atoms with Crippen LogP contribution < -0.4 is 22.1 Å². The molecule has 1 amide bonds. The number of anilines is 1. The number of carbonyl (C=O) groups excluding carboxylic acids is 1. The summed E-state index contributed by atoms with van der Waals surface area (Å²) in [4.78, 5) is 16.2. The van der Waals surface area contributed by atoms with Crippen LogP contribution in [0.15, 0.2) is 65.3 Å². The first-order valence-electron chi connectivity index (χ1n) is 10.6. The summed E-state index contributed by atoms with van der Waals surface area (Å²) in [6.07, 6.45) is 4.78. The number of amidine groups is 1. The Morgan fingerprint density at radius 1 is 1.18 bits per heavy atom. The van der Waals surface area contributed by atoms with Crippen molar-refractivity contribution in [3.05, 3.63) is 71.1 Å². The molecule has 0 atom stereocenters. The number of halogens is 2. The minimum atomic E-state index is -0.754. The predicted molar refractivity (Wildman–Crippen MR) is 128 cm³/mol. The number of hydrogen-bond acceptors (Lipinski definition) is 5. The van der Waals surface area contributed by atoms with Crippen molar-refractivity contribution in [2.75, 3.05) is 5.32 Å². The van der Waals surface area contributed by atoms with E-state index in [2.05, 4.69) is 21.7 Å². The quantitative estimate of drug-likeness (QED) is 0.263. The predicted octanol–water partition coefficient (Wildman–Crippen LogP) is 4.13. The Hall–Kier alpha value is -3.57. The van der Waals surface area contributed by atoms with E-state index in [-0.39, 0.29) is 23.9 Å². The summed E-state index contributed by atoms with van der Waals surface area (Å²) < 4.78 is 13.1. The number of nitrogens with zero attached hydrogens (tertiary/aromatic N) is 2. The highest BCUT2D eigenvalue weighted by atomic mass is 35.5. The van der Waals surface area contributed by atoms with E-state index in [0.717, 1.165) is 18.5 Å². The van der Waals surface area contributed by atoms with E-state index in [0.29, 0.717) is 23.6 Å². The largest absolute Gasteiger partial charge is 0.384 e. The molecule has 2 aromatic carbocycles. The zero-order valence-corrected chi connectivity index (χ0v) is 18.8. The molecule has 172 valence electrons. The number of nitrogens with one attached hydrogen (secondary N) is 2. The van der Waals surface area contributed by atoms with Gasteiger partial charge in [0.1, 0.15) is 11.7 Å². The molecule has 33 heavy (non-hydrogen) atoms. The normalized spacial score (nSPS) is 21.2. The lowest BCUT2D eigenvalue weighted by Gasteiger charge is -2.40. The van der Waals surface area contributed by atoms with E-state index in [1.54, 1.807) is 0 Å². The second-order valence-electron chi connectivity index (χ2n) is 8.08. The van der Waals surface area contributed by atoms with Crippen LogP contribution in [0.2, 0.25) is 5.02 Å². The number of aliphatic imine (C=N–C) groups is 1. The van der Waals surface area contributed by atoms with Gasteiger partial charge < -0.3 is 22.1 Å². The van der Waals surface area contributed by atoms with Gasteiger partial charge in [-0.1, -0.05) is 11.6 Å². The van der Waals surface area contributed by atoms with Gasteiger partial charge in [-0.3, -0.25) is 4.79 Å². The van der Waals surface area contributed by atoms with Crippen LogP contribution in [-0.2, 0) is 4.79 Å². The van der Waals surface area contributed by atoms with E-state index in [1.807, 2.05) is 24.3 Å². The third kappa shape index (κ3) is 6.70. The van der Waals surface area contributed by atoms with Crippen LogP contribution >= 0.6 is 11.6 Å². The van der Waals surface area contributed by atoms with Gasteiger partial charge in [-0.2, -0.15) is 5.26 Å². The van der Waals surface area contributed by atoms with Crippen molar-refractivity contribution < 1.29 is 9.18 Å². The van der Waals surface area contributed by atoms with Crippen LogP contribution in [0, 0.1) is 17.1 Å². The summed E-state index contributed by atoms with van der Waals surface area (Å²) in [6, 6.07) is 15.4. The zero-order chi connectivity index (χ0) is 23.8. The summed E-state index contributed by atoms with van der Waals surface area (Å²) >= 11 is 5.95. The average Bonchev–Trinajstić information content (AvgIpc) is 2.78. The first-order chi connectivity index (χ1) is 15.8. The van der Waals surface area contributed by atoms with Crippen molar-refractivity contribution in [2.45, 2.75) is 43.7 Å². The van der Waals surface area contributed by atoms with Crippen molar-refractivity contribution in [3.8, 4) is 6.07 Å². The smallest absolute Gasteiger partial charge is 0.253 e. The van der Waals surface area contributed by atoms with E-state index in [9.17, 15) is 14.4 Å². The van der Waals surface area contributed by atoms with Crippen LogP contribution in [0.5, 0.6) is 0 Å². The zero-order valence-electron chi connectivity index (χ0n) is 18.0. The summed E-state index contributed by atoms with van der Waals surface area (Å²) in [5.41, 5.74) is 12.4. The molecule has 2 aromatic rings. The van der Waals surface area contributed by atoms with E-state index >= 15 is 0 Å². The molecule has 0 unspecified atom stereocenters. The van der Waals surface area contributed by atoms with Gasteiger partial charge in [0.2, 0.25) is 0 Å². The molecule has 0 radical (unpaired) electrons. The van der Waals surface area contributed by atoms with Gasteiger partial charge in [0, 0.05) is 28.5 Å². The van der Waals surface area contributed by atoms with Crippen molar-refractivity contribution in [1.29, 1.82) is 5.26 Å². The van der Waals surface area contributed by atoms with Gasteiger partial charge in [0.15, 0.2) is 0 Å². The average molecular weight is 469 g/mol. The number of rotatable bonds is 8. The SMILES string of the molecule is N#CCC1(N/C=C(/C(N)=O)C(N)=Nc2ccc(F)cc2)CCC(Nc2ccc(Cl)cc2)CC1. The lowest BCUT2D eigenvalue weighted by atomic mass is 9.77. The van der Waals surface area contributed by atoms with Crippen molar-refractivity contribution in [3.63, 3.8) is 0 Å². The molecule has 7 nitrogen and oxygen atoms in total. The van der Waals surface area contributed by atoms with Crippen molar-refractivity contribution in [2.24, 2.45) is 16.5 Å². The fourth-order valence-corrected chi connectivity index (χ4v) is 3.96. The first kappa shape index (κ1) is 24.1. The number of nitrogens with two attached hydrogens (primary N) is 2. The highest BCUT2D eigenvalue weighted by Crippen LogP contribution is 2.33. The molecule has 9 heteroatoms. The molecule has 0 heterocycles. The van der Waals surface area contributed by atoms with Gasteiger partial charge in [-0.25, -0.2) is 9.38 Å². The number of primary amides is 1. The number of nitriles is 1. The lowest BCUT2D eigenvalue weighted by Crippen LogP contribution is -2.48. The van der Waals surface area contributed by atoms with Gasteiger partial charge in [0.05, 0.1) is 23.8 Å². The van der Waals surface area contributed by atoms with Gasteiger partial charge >= 0.3 is 0 Å². The van der Waals surface area contributed by atoms with E-state index in [1.165, 1.54) is 30.5 Å². The number of amides is 1. The maximum absolute atomic E-state index is 13.1. The molecular weight excluding hydrogens is 443 g/mol. The molecule has 0 saturated heterocycles. The Labute approximate surface area is 197 Å². The molecule has 0 spiro atoms. The number of hydrogen-bond donors (Lipinski definition) is 4. The molecule has 1 aliphatic carbocycles.